The van der Waals surface area contributed by atoms with Crippen LogP contribution in [-0.2, 0) is 23.8 Å². The van der Waals surface area contributed by atoms with Gasteiger partial charge in [-0.1, -0.05) is 231 Å². The molecule has 0 saturated heterocycles. The van der Waals surface area contributed by atoms with E-state index in [2.05, 4.69) is 167 Å². The molecule has 72 heavy (non-hydrogen) atoms. The predicted octanol–water partition coefficient (Wildman–Crippen LogP) is 20.5. The number of carbonyl (C=O) groups is 2. The average molecular weight is 994 g/mol. The van der Waals surface area contributed by atoms with Crippen molar-refractivity contribution in [2.45, 2.75) is 245 Å². The van der Waals surface area contributed by atoms with Gasteiger partial charge in [-0.3, -0.25) is 9.59 Å². The number of allylic oxidation sites excluding steroid dienone is 24. The van der Waals surface area contributed by atoms with Gasteiger partial charge in [-0.15, -0.1) is 0 Å². The molecule has 5 nitrogen and oxygen atoms in total. The molecule has 0 radical (unpaired) electrons. The van der Waals surface area contributed by atoms with E-state index >= 15 is 0 Å². The van der Waals surface area contributed by atoms with Crippen LogP contribution < -0.4 is 0 Å². The lowest BCUT2D eigenvalue weighted by Gasteiger charge is -2.18. The summed E-state index contributed by atoms with van der Waals surface area (Å²) >= 11 is 0. The molecule has 0 bridgehead atoms. The second-order valence-electron chi connectivity index (χ2n) is 18.8. The van der Waals surface area contributed by atoms with Gasteiger partial charge in [-0.2, -0.15) is 0 Å². The van der Waals surface area contributed by atoms with Crippen LogP contribution in [0.2, 0.25) is 0 Å². The van der Waals surface area contributed by atoms with Gasteiger partial charge in [-0.05, 0) is 141 Å². The van der Waals surface area contributed by atoms with Gasteiger partial charge in [0.05, 0.1) is 6.61 Å². The van der Waals surface area contributed by atoms with Crippen molar-refractivity contribution < 1.29 is 23.8 Å². The minimum absolute atomic E-state index is 0.0439. The summed E-state index contributed by atoms with van der Waals surface area (Å²) in [6, 6.07) is 0. The Balaban J connectivity index is 4.44. The third-order valence-electron chi connectivity index (χ3n) is 11.8. The lowest BCUT2D eigenvalue weighted by Crippen LogP contribution is -2.30. The normalized spacial score (nSPS) is 13.3. The van der Waals surface area contributed by atoms with Crippen LogP contribution in [0.1, 0.15) is 239 Å². The zero-order chi connectivity index (χ0) is 52.0. The largest absolute Gasteiger partial charge is 0.462 e. The summed E-state index contributed by atoms with van der Waals surface area (Å²) in [7, 11) is 0. The molecule has 0 aliphatic heterocycles. The quantitative estimate of drug-likeness (QED) is 0.0345. The van der Waals surface area contributed by atoms with Crippen molar-refractivity contribution in [1.82, 2.24) is 0 Å². The van der Waals surface area contributed by atoms with Crippen molar-refractivity contribution >= 4 is 11.9 Å². The highest BCUT2D eigenvalue weighted by atomic mass is 16.6. The SMILES string of the molecule is CC/C=C\C/C=C\C/C=C\C/C=C\C/C=C\CCCCCC(=O)OCC(COCCCCCCCCC/C=C\C/C=C\C/C=C\CCCCC)OC(=O)CCCCCC/C=C\C/C=C\C/C=C\C/C=C\CC. The summed E-state index contributed by atoms with van der Waals surface area (Å²) < 4.78 is 17.4. The fourth-order valence-corrected chi connectivity index (χ4v) is 7.53. The van der Waals surface area contributed by atoms with Crippen LogP contribution in [-0.4, -0.2) is 37.9 Å². The van der Waals surface area contributed by atoms with Crippen molar-refractivity contribution in [2.75, 3.05) is 19.8 Å². The first-order valence-corrected chi connectivity index (χ1v) is 29.4. The molecule has 0 saturated carbocycles. The van der Waals surface area contributed by atoms with E-state index in [9.17, 15) is 9.59 Å². The smallest absolute Gasteiger partial charge is 0.306 e. The van der Waals surface area contributed by atoms with Crippen LogP contribution in [0.25, 0.3) is 0 Å². The standard InChI is InChI=1S/C67H108O5/c1-4-7-10-13-16-19-22-25-28-31-33-35-38-41-44-47-50-53-56-59-62-70-63-65(72-67(69)61-58-55-52-49-46-43-40-36-30-27-24-21-18-15-12-9-6-3)64-71-66(68)60-57-54-51-48-45-42-39-37-34-32-29-26-23-20-17-14-11-8-5-2/h8-9,11-12,16-21,25-30,33-35,37,40,42-43,45,65H,4-7,10,13-15,22-24,31-32,36,38-39,41,44,46-64H2,1-3H3/b11-8-,12-9-,19-16-,20-17-,21-18-,28-25-,29-26-,30-27-,35-33-,37-34-,43-40-,45-42-. The monoisotopic (exact) mass is 993 g/mol. The number of esters is 2. The molecule has 0 aromatic heterocycles. The minimum atomic E-state index is -0.581. The fraction of sp³-hybridized carbons (Fsp3) is 0.612. The molecular formula is C67H108O5. The van der Waals surface area contributed by atoms with Crippen molar-refractivity contribution in [3.8, 4) is 0 Å². The van der Waals surface area contributed by atoms with Crippen LogP contribution in [0, 0.1) is 0 Å². The molecule has 0 fully saturated rings. The Kier molecular flexibility index (Phi) is 57.5. The number of ether oxygens (including phenoxy) is 3. The first kappa shape index (κ1) is 67.8. The van der Waals surface area contributed by atoms with E-state index in [0.717, 1.165) is 141 Å². The molecule has 406 valence electrons. The van der Waals surface area contributed by atoms with E-state index in [1.165, 1.54) is 64.2 Å². The van der Waals surface area contributed by atoms with Crippen molar-refractivity contribution in [3.63, 3.8) is 0 Å². The summed E-state index contributed by atoms with van der Waals surface area (Å²) in [6.07, 6.45) is 88.7. The third-order valence-corrected chi connectivity index (χ3v) is 11.8. The van der Waals surface area contributed by atoms with Gasteiger partial charge in [-0.25, -0.2) is 0 Å². The van der Waals surface area contributed by atoms with Crippen LogP contribution in [0.3, 0.4) is 0 Å². The second-order valence-corrected chi connectivity index (χ2v) is 18.8. The molecule has 0 aliphatic carbocycles. The Hall–Kier alpha value is -4.22. The molecule has 0 aromatic rings. The van der Waals surface area contributed by atoms with Gasteiger partial charge in [0, 0.05) is 19.4 Å². The highest BCUT2D eigenvalue weighted by molar-refractivity contribution is 5.70. The number of hydrogen-bond acceptors (Lipinski definition) is 5. The van der Waals surface area contributed by atoms with E-state index in [4.69, 9.17) is 14.2 Å². The number of unbranched alkanes of at least 4 members (excludes halogenated alkanes) is 17. The van der Waals surface area contributed by atoms with Gasteiger partial charge in [0.15, 0.2) is 6.10 Å². The zero-order valence-electron chi connectivity index (χ0n) is 46.6. The molecule has 0 rings (SSSR count). The van der Waals surface area contributed by atoms with E-state index in [1.807, 2.05) is 0 Å². The zero-order valence-corrected chi connectivity index (χ0v) is 46.6. The molecule has 0 N–H and O–H groups in total. The Morgan fingerprint density at radius 2 is 0.625 bits per heavy atom. The van der Waals surface area contributed by atoms with Gasteiger partial charge in [0.1, 0.15) is 6.61 Å². The Morgan fingerprint density at radius 3 is 1.01 bits per heavy atom. The van der Waals surface area contributed by atoms with Crippen molar-refractivity contribution in [2.24, 2.45) is 0 Å². The molecule has 0 heterocycles. The maximum atomic E-state index is 12.9. The van der Waals surface area contributed by atoms with Crippen LogP contribution >= 0.6 is 0 Å². The van der Waals surface area contributed by atoms with Gasteiger partial charge in [0.2, 0.25) is 0 Å². The molecule has 1 atom stereocenters. The van der Waals surface area contributed by atoms with Gasteiger partial charge < -0.3 is 14.2 Å². The van der Waals surface area contributed by atoms with E-state index in [0.29, 0.717) is 19.4 Å². The van der Waals surface area contributed by atoms with Crippen molar-refractivity contribution in [3.05, 3.63) is 146 Å². The lowest BCUT2D eigenvalue weighted by molar-refractivity contribution is -0.163. The summed E-state index contributed by atoms with van der Waals surface area (Å²) in [4.78, 5) is 25.6. The highest BCUT2D eigenvalue weighted by Crippen LogP contribution is 2.12. The summed E-state index contributed by atoms with van der Waals surface area (Å²) in [5.74, 6) is -0.475. The highest BCUT2D eigenvalue weighted by Gasteiger charge is 2.17. The molecule has 0 amide bonds. The van der Waals surface area contributed by atoms with Crippen molar-refractivity contribution in [1.29, 1.82) is 0 Å². The molecule has 5 heteroatoms. The van der Waals surface area contributed by atoms with Gasteiger partial charge >= 0.3 is 11.9 Å². The first-order chi connectivity index (χ1) is 35.6. The molecule has 0 spiro atoms. The van der Waals surface area contributed by atoms with E-state index in [-0.39, 0.29) is 25.2 Å². The molecule has 0 aliphatic rings. The molecule has 0 aromatic carbocycles. The molecule has 1 unspecified atom stereocenters. The lowest BCUT2D eigenvalue weighted by atomic mass is 10.1. The fourth-order valence-electron chi connectivity index (χ4n) is 7.53. The average Bonchev–Trinajstić information content (AvgIpc) is 3.38. The van der Waals surface area contributed by atoms with E-state index in [1.54, 1.807) is 0 Å². The Labute approximate surface area is 444 Å². The Morgan fingerprint density at radius 1 is 0.319 bits per heavy atom. The third kappa shape index (κ3) is 58.4. The Bertz CT molecular complexity index is 1540. The first-order valence-electron chi connectivity index (χ1n) is 29.4. The van der Waals surface area contributed by atoms with E-state index < -0.39 is 6.10 Å². The summed E-state index contributed by atoms with van der Waals surface area (Å²) in [5, 5.41) is 0. The second kappa shape index (κ2) is 61.1. The predicted molar refractivity (Wildman–Crippen MR) is 315 cm³/mol. The topological polar surface area (TPSA) is 61.8 Å². The summed E-state index contributed by atoms with van der Waals surface area (Å²) in [6.45, 7) is 7.48. The van der Waals surface area contributed by atoms with Crippen LogP contribution in [0.4, 0.5) is 0 Å². The van der Waals surface area contributed by atoms with Crippen LogP contribution in [0.5, 0.6) is 0 Å². The molecular weight excluding hydrogens is 885 g/mol. The van der Waals surface area contributed by atoms with Gasteiger partial charge in [0.25, 0.3) is 0 Å². The number of hydrogen-bond donors (Lipinski definition) is 0. The maximum Gasteiger partial charge on any atom is 0.306 e. The number of carbonyl (C=O) groups excluding carboxylic acids is 2. The maximum absolute atomic E-state index is 12.9. The minimum Gasteiger partial charge on any atom is -0.462 e. The van der Waals surface area contributed by atoms with Crippen LogP contribution in [0.15, 0.2) is 146 Å². The number of rotatable bonds is 52. The summed E-state index contributed by atoms with van der Waals surface area (Å²) in [5.41, 5.74) is 0.